The van der Waals surface area contributed by atoms with E-state index in [4.69, 9.17) is 4.74 Å². The monoisotopic (exact) mass is 283 g/mol. The van der Waals surface area contributed by atoms with Crippen LogP contribution >= 0.6 is 0 Å². The average molecular weight is 283 g/mol. The van der Waals surface area contributed by atoms with Crippen LogP contribution in [0.3, 0.4) is 0 Å². The molecule has 2 aliphatic heterocycles. The van der Waals surface area contributed by atoms with Gasteiger partial charge >= 0.3 is 6.03 Å². The van der Waals surface area contributed by atoms with Crippen LogP contribution in [0.2, 0.25) is 0 Å². The summed E-state index contributed by atoms with van der Waals surface area (Å²) in [6, 6.07) is 0.0792. The van der Waals surface area contributed by atoms with Gasteiger partial charge in [0.15, 0.2) is 0 Å². The molecule has 0 aromatic rings. The summed E-state index contributed by atoms with van der Waals surface area (Å²) in [5.74, 6) is 0.632. The molecular formula is C14H25N3O3. The van der Waals surface area contributed by atoms with E-state index in [1.54, 1.807) is 19.0 Å². The first-order chi connectivity index (χ1) is 9.58. The Morgan fingerprint density at radius 1 is 1.25 bits per heavy atom. The predicted molar refractivity (Wildman–Crippen MR) is 75.3 cm³/mol. The molecular weight excluding hydrogens is 258 g/mol. The number of carbonyl (C=O) groups is 2. The number of likely N-dealkylation sites (tertiary alicyclic amines) is 1. The quantitative estimate of drug-likeness (QED) is 0.822. The summed E-state index contributed by atoms with van der Waals surface area (Å²) in [5, 5.41) is 3.03. The fraction of sp³-hybridized carbons (Fsp3) is 0.857. The van der Waals surface area contributed by atoms with Crippen LogP contribution in [0.4, 0.5) is 4.79 Å². The first-order valence-electron chi connectivity index (χ1n) is 7.39. The first-order valence-corrected chi connectivity index (χ1v) is 7.39. The Labute approximate surface area is 120 Å². The molecule has 6 nitrogen and oxygen atoms in total. The van der Waals surface area contributed by atoms with E-state index < -0.39 is 0 Å². The molecule has 0 aliphatic carbocycles. The minimum Gasteiger partial charge on any atom is -0.381 e. The van der Waals surface area contributed by atoms with Crippen molar-refractivity contribution >= 4 is 11.9 Å². The van der Waals surface area contributed by atoms with Crippen LogP contribution in [-0.2, 0) is 9.53 Å². The fourth-order valence-electron chi connectivity index (χ4n) is 2.74. The maximum Gasteiger partial charge on any atom is 0.319 e. The lowest BCUT2D eigenvalue weighted by Gasteiger charge is -2.33. The van der Waals surface area contributed by atoms with Gasteiger partial charge in [-0.2, -0.15) is 0 Å². The van der Waals surface area contributed by atoms with Crippen molar-refractivity contribution in [2.45, 2.75) is 19.3 Å². The van der Waals surface area contributed by atoms with Crippen molar-refractivity contribution in [3.63, 3.8) is 0 Å². The van der Waals surface area contributed by atoms with Crippen molar-refractivity contribution in [3.05, 3.63) is 0 Å². The molecule has 0 radical (unpaired) electrons. The highest BCUT2D eigenvalue weighted by molar-refractivity contribution is 5.79. The van der Waals surface area contributed by atoms with E-state index in [-0.39, 0.29) is 17.9 Å². The van der Waals surface area contributed by atoms with Gasteiger partial charge in [0.2, 0.25) is 5.91 Å². The normalized spacial score (nSPS) is 23.7. The number of rotatable bonds is 3. The van der Waals surface area contributed by atoms with Crippen molar-refractivity contribution in [2.75, 3.05) is 46.9 Å². The number of hydrogen-bond acceptors (Lipinski definition) is 3. The van der Waals surface area contributed by atoms with Gasteiger partial charge in [0, 0.05) is 40.3 Å². The summed E-state index contributed by atoms with van der Waals surface area (Å²) < 4.78 is 5.22. The minimum atomic E-state index is 0.0328. The Balaban J connectivity index is 1.66. The Bertz CT molecular complexity index is 346. The Morgan fingerprint density at radius 3 is 2.50 bits per heavy atom. The predicted octanol–water partition coefficient (Wildman–Crippen LogP) is 0.533. The van der Waals surface area contributed by atoms with Crippen molar-refractivity contribution in [3.8, 4) is 0 Å². The molecule has 1 N–H and O–H groups in total. The van der Waals surface area contributed by atoms with E-state index in [0.717, 1.165) is 38.9 Å². The van der Waals surface area contributed by atoms with E-state index in [9.17, 15) is 9.59 Å². The highest BCUT2D eigenvalue weighted by atomic mass is 16.5. The van der Waals surface area contributed by atoms with Crippen LogP contribution in [0, 0.1) is 11.8 Å². The van der Waals surface area contributed by atoms with Gasteiger partial charge in [-0.1, -0.05) is 0 Å². The topological polar surface area (TPSA) is 61.9 Å². The van der Waals surface area contributed by atoms with E-state index in [1.165, 1.54) is 0 Å². The van der Waals surface area contributed by atoms with Gasteiger partial charge in [0.05, 0.1) is 12.5 Å². The molecule has 6 heteroatoms. The molecule has 0 saturated carbocycles. The van der Waals surface area contributed by atoms with Gasteiger partial charge in [-0.15, -0.1) is 0 Å². The van der Waals surface area contributed by atoms with E-state index in [1.807, 2.05) is 4.90 Å². The molecule has 2 aliphatic rings. The molecule has 0 bridgehead atoms. The van der Waals surface area contributed by atoms with E-state index >= 15 is 0 Å². The van der Waals surface area contributed by atoms with Crippen molar-refractivity contribution < 1.29 is 14.3 Å². The minimum absolute atomic E-state index is 0.0328. The Kier molecular flexibility index (Phi) is 5.23. The van der Waals surface area contributed by atoms with Crippen LogP contribution in [0.5, 0.6) is 0 Å². The SMILES string of the molecule is CN(C)C(=O)N1CCC(CNC(=O)[C@@H]2CCOC2)CC1. The standard InChI is InChI=1S/C14H25N3O3/c1-16(2)14(19)17-6-3-11(4-7-17)9-15-13(18)12-5-8-20-10-12/h11-12H,3-10H2,1-2H3,(H,15,18)/t12-/m1/s1. The lowest BCUT2D eigenvalue weighted by molar-refractivity contribution is -0.125. The first kappa shape index (κ1) is 15.1. The molecule has 1 atom stereocenters. The third-order valence-electron chi connectivity index (χ3n) is 4.13. The molecule has 114 valence electrons. The largest absolute Gasteiger partial charge is 0.381 e. The van der Waals surface area contributed by atoms with E-state index in [2.05, 4.69) is 5.32 Å². The van der Waals surface area contributed by atoms with Gasteiger partial charge in [-0.05, 0) is 25.2 Å². The van der Waals surface area contributed by atoms with Gasteiger partial charge in [-0.3, -0.25) is 4.79 Å². The number of amides is 3. The summed E-state index contributed by atoms with van der Waals surface area (Å²) in [4.78, 5) is 27.2. The Morgan fingerprint density at radius 2 is 1.95 bits per heavy atom. The van der Waals surface area contributed by atoms with Gasteiger partial charge in [-0.25, -0.2) is 4.79 Å². The number of nitrogens with zero attached hydrogens (tertiary/aromatic N) is 2. The zero-order valence-corrected chi connectivity index (χ0v) is 12.4. The molecule has 0 spiro atoms. The highest BCUT2D eigenvalue weighted by Gasteiger charge is 2.26. The smallest absolute Gasteiger partial charge is 0.319 e. The van der Waals surface area contributed by atoms with Crippen molar-refractivity contribution in [2.24, 2.45) is 11.8 Å². The molecule has 3 amide bonds. The van der Waals surface area contributed by atoms with Crippen LogP contribution in [0.1, 0.15) is 19.3 Å². The number of nitrogens with one attached hydrogen (secondary N) is 1. The molecule has 2 saturated heterocycles. The van der Waals surface area contributed by atoms with Crippen LogP contribution in [0.15, 0.2) is 0 Å². The number of urea groups is 1. The molecule has 2 rings (SSSR count). The van der Waals surface area contributed by atoms with Gasteiger partial charge in [0.1, 0.15) is 0 Å². The summed E-state index contributed by atoms with van der Waals surface area (Å²) in [7, 11) is 3.55. The third kappa shape index (κ3) is 3.85. The second-order valence-electron chi connectivity index (χ2n) is 5.91. The molecule has 2 heterocycles. The van der Waals surface area contributed by atoms with Crippen molar-refractivity contribution in [1.29, 1.82) is 0 Å². The lowest BCUT2D eigenvalue weighted by Crippen LogP contribution is -2.45. The summed E-state index contributed by atoms with van der Waals surface area (Å²) in [6.45, 7) is 3.54. The molecule has 0 unspecified atom stereocenters. The maximum absolute atomic E-state index is 11.9. The second-order valence-corrected chi connectivity index (χ2v) is 5.91. The van der Waals surface area contributed by atoms with Gasteiger partial charge < -0.3 is 19.9 Å². The van der Waals surface area contributed by atoms with E-state index in [0.29, 0.717) is 19.1 Å². The Hall–Kier alpha value is -1.30. The zero-order valence-electron chi connectivity index (χ0n) is 12.4. The molecule has 0 aromatic heterocycles. The molecule has 2 fully saturated rings. The van der Waals surface area contributed by atoms with Crippen LogP contribution in [-0.4, -0.2) is 68.7 Å². The van der Waals surface area contributed by atoms with Crippen molar-refractivity contribution in [1.82, 2.24) is 15.1 Å². The lowest BCUT2D eigenvalue weighted by atomic mass is 9.96. The molecule has 0 aromatic carbocycles. The van der Waals surface area contributed by atoms with Crippen LogP contribution in [0.25, 0.3) is 0 Å². The summed E-state index contributed by atoms with van der Waals surface area (Å²) >= 11 is 0. The fourth-order valence-corrected chi connectivity index (χ4v) is 2.74. The maximum atomic E-state index is 11.9. The second kappa shape index (κ2) is 6.92. The third-order valence-corrected chi connectivity index (χ3v) is 4.13. The number of ether oxygens (including phenoxy) is 1. The number of carbonyl (C=O) groups excluding carboxylic acids is 2. The number of piperidine rings is 1. The zero-order chi connectivity index (χ0) is 14.5. The average Bonchev–Trinajstić information content (AvgIpc) is 2.98. The number of hydrogen-bond donors (Lipinski definition) is 1. The molecule has 20 heavy (non-hydrogen) atoms. The summed E-state index contributed by atoms with van der Waals surface area (Å²) in [5.41, 5.74) is 0. The summed E-state index contributed by atoms with van der Waals surface area (Å²) in [6.07, 6.45) is 2.75. The van der Waals surface area contributed by atoms with Gasteiger partial charge in [0.25, 0.3) is 0 Å². The highest BCUT2D eigenvalue weighted by Crippen LogP contribution is 2.18. The van der Waals surface area contributed by atoms with Crippen LogP contribution < -0.4 is 5.32 Å².